The number of esters is 1. The van der Waals surface area contributed by atoms with E-state index in [1.165, 1.54) is 11.3 Å². The highest BCUT2D eigenvalue weighted by Gasteiger charge is 2.56. The molecule has 6 bridgehead atoms. The number of hydrogen-bond donors (Lipinski definition) is 3. The van der Waals surface area contributed by atoms with Gasteiger partial charge in [0.2, 0.25) is 11.8 Å². The Bertz CT molecular complexity index is 2700. The van der Waals surface area contributed by atoms with E-state index in [1.54, 1.807) is 18.7 Å². The standard InChI is InChI=1S/C50H57N11O5/c1-29-40(36-13-17-53-28-54-36)41(29)45(62)57-42-44(59-25-50(26-59)14-6-16-55-50)46-56-38(24-65-46)31-10-12-39-34(20-31)35(21-49(2,3)27-66-48(64)37-8-5-18-60(58-37)47(42)63)43(32-7-4-15-52-23-32)61(39)33-11-9-30(19-33)22-51/h4,7,10,12-13,15,17,20,23-24,28-30,33,37,40-42,44,55,58H,5-6,8-9,11,14,16,18-19,21,25-27H2,1-3H3,(H,57,62)/t29-,30-,33-,37-,40-,41+,42-,44-/m0/s1. The van der Waals surface area contributed by atoms with Gasteiger partial charge in [0.15, 0.2) is 0 Å². The van der Waals surface area contributed by atoms with Gasteiger partial charge in [-0.1, -0.05) is 26.8 Å². The summed E-state index contributed by atoms with van der Waals surface area (Å²) in [5.74, 6) is -1.27. The number of oxazole rings is 1. The van der Waals surface area contributed by atoms with Crippen molar-refractivity contribution >= 4 is 28.7 Å². The molecule has 4 aromatic heterocycles. The highest BCUT2D eigenvalue weighted by Crippen LogP contribution is 2.53. The molecule has 4 aliphatic heterocycles. The quantitative estimate of drug-likeness (QED) is 0.177. The van der Waals surface area contributed by atoms with Crippen molar-refractivity contribution < 1.29 is 23.5 Å². The molecule has 11 rings (SSSR count). The van der Waals surface area contributed by atoms with E-state index in [2.05, 4.69) is 84.7 Å². The lowest BCUT2D eigenvalue weighted by Gasteiger charge is -2.52. The Balaban J connectivity index is 1.05. The molecule has 3 N–H and O–H groups in total. The number of rotatable bonds is 6. The fourth-order valence-electron chi connectivity index (χ4n) is 11.9. The third-order valence-electron chi connectivity index (χ3n) is 15.3. The molecule has 1 spiro atoms. The number of nitrogens with zero attached hydrogens (tertiary/aromatic N) is 8. The first-order valence-electron chi connectivity index (χ1n) is 23.7. The van der Waals surface area contributed by atoms with Crippen molar-refractivity contribution in [1.29, 1.82) is 5.26 Å². The van der Waals surface area contributed by atoms with Crippen LogP contribution in [0.5, 0.6) is 0 Å². The number of fused-ring (bicyclic) bond motifs is 6. The number of nitriles is 1. The SMILES string of the molecule is C[C@@H]1[C@@H](C(=O)N[C@@H]2C(=O)N3CCC[C@H](N3)C(=O)OCC(C)(C)Cc3c(-c4cccnc4)n([C@H]4CC[C@H](C#N)C4)c4ccc(cc34)-c3coc(n3)[C@H]2N2CC3(CCCN3)C2)[C@@H]1c1ccncn1. The number of pyridine rings is 1. The summed E-state index contributed by atoms with van der Waals surface area (Å²) in [6, 6.07) is 12.2. The van der Waals surface area contributed by atoms with Gasteiger partial charge in [-0.15, -0.1) is 0 Å². The molecule has 5 fully saturated rings. The molecule has 3 saturated heterocycles. The van der Waals surface area contributed by atoms with Gasteiger partial charge in [0, 0.05) is 101 Å². The molecule has 2 saturated carbocycles. The van der Waals surface area contributed by atoms with Gasteiger partial charge in [-0.2, -0.15) is 5.26 Å². The van der Waals surface area contributed by atoms with Gasteiger partial charge in [0.25, 0.3) is 5.91 Å². The summed E-state index contributed by atoms with van der Waals surface area (Å²) in [6.45, 7) is 8.94. The van der Waals surface area contributed by atoms with Gasteiger partial charge >= 0.3 is 5.97 Å². The number of aromatic nitrogens is 5. The molecule has 1 aromatic carbocycles. The summed E-state index contributed by atoms with van der Waals surface area (Å²) in [5.41, 5.74) is 9.04. The number of amides is 2. The van der Waals surface area contributed by atoms with Crippen molar-refractivity contribution in [3.63, 3.8) is 0 Å². The zero-order valence-corrected chi connectivity index (χ0v) is 37.8. The van der Waals surface area contributed by atoms with Crippen molar-refractivity contribution in [2.75, 3.05) is 32.8 Å². The minimum atomic E-state index is -1.12. The van der Waals surface area contributed by atoms with Gasteiger partial charge in [-0.25, -0.2) is 20.4 Å². The maximum atomic E-state index is 15.2. The number of carbonyl (C=O) groups excluding carboxylic acids is 3. The van der Waals surface area contributed by atoms with Crippen LogP contribution < -0.4 is 16.1 Å². The largest absolute Gasteiger partial charge is 0.464 e. The van der Waals surface area contributed by atoms with Gasteiger partial charge in [0.1, 0.15) is 36.4 Å². The van der Waals surface area contributed by atoms with Crippen LogP contribution in [0.1, 0.15) is 101 Å². The number of hydrogen-bond acceptors (Lipinski definition) is 13. The smallest absolute Gasteiger partial charge is 0.324 e. The normalized spacial score (nSPS) is 29.5. The van der Waals surface area contributed by atoms with Crippen LogP contribution in [-0.2, 0) is 25.5 Å². The number of ether oxygens (including phenoxy) is 1. The molecule has 2 amide bonds. The van der Waals surface area contributed by atoms with Crippen LogP contribution in [0, 0.1) is 34.5 Å². The number of benzene rings is 1. The molecular formula is C50H57N11O5. The topological polar surface area (TPSA) is 196 Å². The first-order valence-corrected chi connectivity index (χ1v) is 23.7. The summed E-state index contributed by atoms with van der Waals surface area (Å²) in [7, 11) is 0. The van der Waals surface area contributed by atoms with E-state index < -0.39 is 35.4 Å². The van der Waals surface area contributed by atoms with Crippen LogP contribution in [0.2, 0.25) is 0 Å². The summed E-state index contributed by atoms with van der Waals surface area (Å²) in [6.07, 6.45) is 14.7. The highest BCUT2D eigenvalue weighted by molar-refractivity contribution is 5.95. The van der Waals surface area contributed by atoms with Crippen LogP contribution in [-0.4, -0.2) is 103 Å². The Morgan fingerprint density at radius 3 is 2.68 bits per heavy atom. The van der Waals surface area contributed by atoms with E-state index in [1.807, 2.05) is 25.3 Å². The molecule has 8 heterocycles. The van der Waals surface area contributed by atoms with E-state index in [9.17, 15) is 14.9 Å². The molecule has 5 aromatic rings. The maximum absolute atomic E-state index is 15.2. The molecule has 66 heavy (non-hydrogen) atoms. The number of cyclic esters (lactones) is 1. The fraction of sp³-hybridized carbons (Fsp3) is 0.520. The van der Waals surface area contributed by atoms with Crippen LogP contribution in [0.15, 0.2) is 72.0 Å². The van der Waals surface area contributed by atoms with Gasteiger partial charge in [0.05, 0.1) is 18.4 Å². The van der Waals surface area contributed by atoms with E-state index >= 15 is 4.79 Å². The highest BCUT2D eigenvalue weighted by atomic mass is 16.5. The summed E-state index contributed by atoms with van der Waals surface area (Å²) >= 11 is 0. The molecule has 16 nitrogen and oxygen atoms in total. The summed E-state index contributed by atoms with van der Waals surface area (Å²) in [4.78, 5) is 64.4. The molecule has 6 aliphatic rings. The fourth-order valence-corrected chi connectivity index (χ4v) is 11.9. The van der Waals surface area contributed by atoms with Crippen molar-refractivity contribution in [3.05, 3.63) is 84.7 Å². The predicted octanol–water partition coefficient (Wildman–Crippen LogP) is 5.65. The minimum Gasteiger partial charge on any atom is -0.464 e. The number of likely N-dealkylation sites (tertiary alicyclic amines) is 1. The van der Waals surface area contributed by atoms with E-state index in [4.69, 9.17) is 14.1 Å². The molecule has 16 heteroatoms. The summed E-state index contributed by atoms with van der Waals surface area (Å²) < 4.78 is 15.1. The van der Waals surface area contributed by atoms with Crippen molar-refractivity contribution in [3.8, 4) is 28.6 Å². The molecule has 8 atom stereocenters. The number of hydrazine groups is 1. The van der Waals surface area contributed by atoms with Gasteiger partial charge in [-0.3, -0.25) is 29.3 Å². The third-order valence-corrected chi connectivity index (χ3v) is 15.3. The molecule has 0 unspecified atom stereocenters. The van der Waals surface area contributed by atoms with Crippen molar-refractivity contribution in [2.45, 2.75) is 108 Å². The Kier molecular flexibility index (Phi) is 10.8. The summed E-state index contributed by atoms with van der Waals surface area (Å²) in [5, 5.41) is 19.5. The van der Waals surface area contributed by atoms with Crippen molar-refractivity contribution in [1.82, 2.24) is 50.5 Å². The second-order valence-electron chi connectivity index (χ2n) is 20.5. The average Bonchev–Trinajstić information content (AvgIpc) is 3.93. The Hall–Kier alpha value is -6.02. The molecule has 2 aliphatic carbocycles. The number of nitrogens with one attached hydrogen (secondary N) is 3. The van der Waals surface area contributed by atoms with Crippen molar-refractivity contribution in [2.24, 2.45) is 23.2 Å². The molecule has 0 radical (unpaired) electrons. The lowest BCUT2D eigenvalue weighted by molar-refractivity contribution is -0.156. The first-order chi connectivity index (χ1) is 32.0. The van der Waals surface area contributed by atoms with Crippen LogP contribution >= 0.6 is 0 Å². The molecular weight excluding hydrogens is 835 g/mol. The number of carbonyl (C=O) groups is 3. The minimum absolute atomic E-state index is 0.00210. The van der Waals surface area contributed by atoms with Gasteiger partial charge in [-0.05, 0) is 99.7 Å². The second-order valence-corrected chi connectivity index (χ2v) is 20.5. The monoisotopic (exact) mass is 891 g/mol. The lowest BCUT2D eigenvalue weighted by atomic mass is 9.84. The zero-order valence-electron chi connectivity index (χ0n) is 37.8. The Morgan fingerprint density at radius 1 is 1.05 bits per heavy atom. The Morgan fingerprint density at radius 2 is 1.92 bits per heavy atom. The van der Waals surface area contributed by atoms with Crippen LogP contribution in [0.4, 0.5) is 0 Å². The van der Waals surface area contributed by atoms with Gasteiger partial charge < -0.3 is 24.4 Å². The average molecular weight is 892 g/mol. The van der Waals surface area contributed by atoms with E-state index in [0.717, 1.165) is 77.6 Å². The zero-order chi connectivity index (χ0) is 45.3. The van der Waals surface area contributed by atoms with E-state index in [-0.39, 0.29) is 47.8 Å². The first kappa shape index (κ1) is 42.6. The third kappa shape index (κ3) is 7.64. The lowest BCUT2D eigenvalue weighted by Crippen LogP contribution is -2.70. The maximum Gasteiger partial charge on any atom is 0.324 e. The van der Waals surface area contributed by atoms with Crippen LogP contribution in [0.3, 0.4) is 0 Å². The Labute approximate surface area is 383 Å². The second kappa shape index (κ2) is 16.7. The van der Waals surface area contributed by atoms with E-state index in [0.29, 0.717) is 50.5 Å². The molecule has 342 valence electrons. The predicted molar refractivity (Wildman–Crippen MR) is 243 cm³/mol. The van der Waals surface area contributed by atoms with Crippen LogP contribution in [0.25, 0.3) is 33.4 Å².